The number of nitrogens with zero attached hydrogens (tertiary/aromatic N) is 1. The van der Waals surface area contributed by atoms with Crippen LogP contribution in [0.3, 0.4) is 0 Å². The molecule has 0 aliphatic carbocycles. The predicted octanol–water partition coefficient (Wildman–Crippen LogP) is 2.95. The Labute approximate surface area is 137 Å². The largest absolute Gasteiger partial charge is 0.496 e. The Bertz CT molecular complexity index is 526. The maximum atomic E-state index is 12.6. The molecule has 0 saturated carbocycles. The summed E-state index contributed by atoms with van der Waals surface area (Å²) in [5.41, 5.74) is 1.59. The third-order valence-electron chi connectivity index (χ3n) is 4.07. The Morgan fingerprint density at radius 2 is 2.05 bits per heavy atom. The first kappa shape index (κ1) is 17.3. The van der Waals surface area contributed by atoms with Crippen LogP contribution in [0.25, 0.3) is 0 Å². The van der Waals surface area contributed by atoms with Gasteiger partial charge in [-0.1, -0.05) is 25.4 Å². The molecule has 5 heteroatoms. The molecule has 22 heavy (non-hydrogen) atoms. The smallest absolute Gasteiger partial charge is 0.167 e. The van der Waals surface area contributed by atoms with Gasteiger partial charge in [0.2, 0.25) is 0 Å². The molecule has 1 heterocycles. The Morgan fingerprint density at radius 3 is 2.64 bits per heavy atom. The SMILES string of the molecule is COc1c(C(=O)CCN2CCNCC2)cc(Cl)cc1C(C)C. The van der Waals surface area contributed by atoms with E-state index in [9.17, 15) is 4.79 Å². The molecule has 1 aliphatic heterocycles. The number of ketones is 1. The molecule has 0 amide bonds. The van der Waals surface area contributed by atoms with Crippen molar-refractivity contribution in [2.75, 3.05) is 39.8 Å². The standard InChI is InChI=1S/C17H25ClN2O2/c1-12(2)14-10-13(18)11-15(17(14)22-3)16(21)4-7-20-8-5-19-6-9-20/h10-12,19H,4-9H2,1-3H3. The summed E-state index contributed by atoms with van der Waals surface area (Å²) in [7, 11) is 1.61. The monoisotopic (exact) mass is 324 g/mol. The highest BCUT2D eigenvalue weighted by atomic mass is 35.5. The van der Waals surface area contributed by atoms with Crippen molar-refractivity contribution in [1.29, 1.82) is 0 Å². The summed E-state index contributed by atoms with van der Waals surface area (Å²) in [6.07, 6.45) is 0.494. The molecule has 0 atom stereocenters. The average Bonchev–Trinajstić information content (AvgIpc) is 2.52. The topological polar surface area (TPSA) is 41.6 Å². The number of ether oxygens (including phenoxy) is 1. The number of carbonyl (C=O) groups excluding carboxylic acids is 1. The fraction of sp³-hybridized carbons (Fsp3) is 0.588. The minimum Gasteiger partial charge on any atom is -0.496 e. The van der Waals surface area contributed by atoms with Gasteiger partial charge in [-0.2, -0.15) is 0 Å². The normalized spacial score (nSPS) is 16.0. The van der Waals surface area contributed by atoms with Crippen LogP contribution in [-0.2, 0) is 0 Å². The van der Waals surface area contributed by atoms with E-state index in [4.69, 9.17) is 16.3 Å². The van der Waals surface area contributed by atoms with Gasteiger partial charge in [0.25, 0.3) is 0 Å². The average molecular weight is 325 g/mol. The molecule has 0 unspecified atom stereocenters. The number of piperazine rings is 1. The number of methoxy groups -OCH3 is 1. The van der Waals surface area contributed by atoms with Gasteiger partial charge in [-0.3, -0.25) is 4.79 Å². The van der Waals surface area contributed by atoms with Gasteiger partial charge in [-0.25, -0.2) is 0 Å². The van der Waals surface area contributed by atoms with E-state index < -0.39 is 0 Å². The van der Waals surface area contributed by atoms with Crippen molar-refractivity contribution in [3.63, 3.8) is 0 Å². The van der Waals surface area contributed by atoms with Crippen LogP contribution >= 0.6 is 11.6 Å². The fourth-order valence-electron chi connectivity index (χ4n) is 2.81. The molecule has 0 spiro atoms. The van der Waals surface area contributed by atoms with Crippen LogP contribution in [0.4, 0.5) is 0 Å². The number of nitrogens with one attached hydrogen (secondary N) is 1. The summed E-state index contributed by atoms with van der Waals surface area (Å²) in [6, 6.07) is 3.62. The number of hydrogen-bond acceptors (Lipinski definition) is 4. The van der Waals surface area contributed by atoms with E-state index in [0.717, 1.165) is 38.3 Å². The number of Topliss-reactive ketones (excluding diaryl/α,β-unsaturated/α-hetero) is 1. The van der Waals surface area contributed by atoms with Crippen molar-refractivity contribution < 1.29 is 9.53 Å². The highest BCUT2D eigenvalue weighted by Crippen LogP contribution is 2.34. The molecule has 1 aromatic rings. The lowest BCUT2D eigenvalue weighted by Gasteiger charge is -2.27. The molecular formula is C17H25ClN2O2. The molecular weight excluding hydrogens is 300 g/mol. The van der Waals surface area contributed by atoms with E-state index >= 15 is 0 Å². The van der Waals surface area contributed by atoms with Crippen LogP contribution in [0.1, 0.15) is 42.1 Å². The van der Waals surface area contributed by atoms with Crippen molar-refractivity contribution >= 4 is 17.4 Å². The number of hydrogen-bond donors (Lipinski definition) is 1. The zero-order valence-electron chi connectivity index (χ0n) is 13.6. The van der Waals surface area contributed by atoms with Gasteiger partial charge in [0.15, 0.2) is 5.78 Å². The summed E-state index contributed by atoms with van der Waals surface area (Å²) >= 11 is 6.19. The van der Waals surface area contributed by atoms with E-state index in [2.05, 4.69) is 24.1 Å². The minimum atomic E-state index is 0.0970. The second kappa shape index (κ2) is 7.95. The molecule has 0 bridgehead atoms. The molecule has 0 radical (unpaired) electrons. The zero-order valence-corrected chi connectivity index (χ0v) is 14.4. The van der Waals surface area contributed by atoms with Gasteiger partial charge in [-0.15, -0.1) is 0 Å². The van der Waals surface area contributed by atoms with Crippen LogP contribution in [0, 0.1) is 0 Å². The van der Waals surface area contributed by atoms with Crippen molar-refractivity contribution in [1.82, 2.24) is 10.2 Å². The number of carbonyl (C=O) groups is 1. The molecule has 2 rings (SSSR count). The van der Waals surface area contributed by atoms with Crippen molar-refractivity contribution in [2.24, 2.45) is 0 Å². The van der Waals surface area contributed by atoms with E-state index in [1.54, 1.807) is 13.2 Å². The second-order valence-corrected chi connectivity index (χ2v) is 6.43. The van der Waals surface area contributed by atoms with Gasteiger partial charge in [0.1, 0.15) is 5.75 Å². The van der Waals surface area contributed by atoms with E-state index in [1.807, 2.05) is 6.07 Å². The molecule has 4 nitrogen and oxygen atoms in total. The zero-order chi connectivity index (χ0) is 16.1. The predicted molar refractivity (Wildman–Crippen MR) is 90.4 cm³/mol. The molecule has 1 aromatic carbocycles. The lowest BCUT2D eigenvalue weighted by Crippen LogP contribution is -2.44. The highest BCUT2D eigenvalue weighted by molar-refractivity contribution is 6.31. The third-order valence-corrected chi connectivity index (χ3v) is 4.29. The number of benzene rings is 1. The lowest BCUT2D eigenvalue weighted by atomic mass is 9.96. The van der Waals surface area contributed by atoms with Crippen LogP contribution in [0.15, 0.2) is 12.1 Å². The summed E-state index contributed by atoms with van der Waals surface area (Å²) < 4.78 is 5.50. The van der Waals surface area contributed by atoms with E-state index in [1.165, 1.54) is 0 Å². The summed E-state index contributed by atoms with van der Waals surface area (Å²) in [6.45, 7) is 8.91. The first-order valence-corrected chi connectivity index (χ1v) is 8.24. The van der Waals surface area contributed by atoms with Crippen molar-refractivity contribution in [2.45, 2.75) is 26.2 Å². The third kappa shape index (κ3) is 4.22. The van der Waals surface area contributed by atoms with Crippen LogP contribution < -0.4 is 10.1 Å². The maximum Gasteiger partial charge on any atom is 0.167 e. The number of rotatable bonds is 6. The van der Waals surface area contributed by atoms with Crippen molar-refractivity contribution in [3.05, 3.63) is 28.3 Å². The van der Waals surface area contributed by atoms with E-state index in [0.29, 0.717) is 22.8 Å². The Hall–Kier alpha value is -1.10. The Kier molecular flexibility index (Phi) is 6.24. The lowest BCUT2D eigenvalue weighted by molar-refractivity contribution is 0.0957. The van der Waals surface area contributed by atoms with Crippen LogP contribution in [0.2, 0.25) is 5.02 Å². The first-order valence-electron chi connectivity index (χ1n) is 7.86. The minimum absolute atomic E-state index is 0.0970. The van der Waals surface area contributed by atoms with Crippen LogP contribution in [-0.4, -0.2) is 50.5 Å². The summed E-state index contributed by atoms with van der Waals surface area (Å²) in [5, 5.41) is 3.91. The summed E-state index contributed by atoms with van der Waals surface area (Å²) in [4.78, 5) is 14.9. The van der Waals surface area contributed by atoms with Gasteiger partial charge in [-0.05, 0) is 23.6 Å². The van der Waals surface area contributed by atoms with Crippen molar-refractivity contribution in [3.8, 4) is 5.75 Å². The molecule has 1 saturated heterocycles. The quantitative estimate of drug-likeness (QED) is 0.817. The summed E-state index contributed by atoms with van der Waals surface area (Å²) in [5.74, 6) is 1.03. The molecule has 1 N–H and O–H groups in total. The number of halogens is 1. The molecule has 0 aromatic heterocycles. The Morgan fingerprint density at radius 1 is 1.36 bits per heavy atom. The van der Waals surface area contributed by atoms with Gasteiger partial charge in [0, 0.05) is 44.2 Å². The molecule has 1 fully saturated rings. The first-order chi connectivity index (χ1) is 10.5. The highest BCUT2D eigenvalue weighted by Gasteiger charge is 2.20. The van der Waals surface area contributed by atoms with Gasteiger partial charge in [0.05, 0.1) is 12.7 Å². The van der Waals surface area contributed by atoms with Gasteiger partial charge < -0.3 is 15.0 Å². The molecule has 1 aliphatic rings. The Balaban J connectivity index is 2.14. The maximum absolute atomic E-state index is 12.6. The van der Waals surface area contributed by atoms with Gasteiger partial charge >= 0.3 is 0 Å². The van der Waals surface area contributed by atoms with E-state index in [-0.39, 0.29) is 11.7 Å². The van der Waals surface area contributed by atoms with Crippen LogP contribution in [0.5, 0.6) is 5.75 Å². The second-order valence-electron chi connectivity index (χ2n) is 6.00. The molecule has 122 valence electrons. The fourth-order valence-corrected chi connectivity index (χ4v) is 3.03.